The molecule has 1 aromatic carbocycles. The average molecular weight is 299 g/mol. The van der Waals surface area contributed by atoms with Crippen LogP contribution in [0.1, 0.15) is 24.0 Å². The lowest BCUT2D eigenvalue weighted by Crippen LogP contribution is -2.07. The van der Waals surface area contributed by atoms with Crippen LogP contribution in [0.4, 0.5) is 5.82 Å². The fourth-order valence-corrected chi connectivity index (χ4v) is 3.41. The predicted octanol–water partition coefficient (Wildman–Crippen LogP) is 3.74. The van der Waals surface area contributed by atoms with Crippen molar-refractivity contribution in [2.45, 2.75) is 25.7 Å². The van der Waals surface area contributed by atoms with Crippen LogP contribution in [0, 0.1) is 0 Å². The third kappa shape index (κ3) is 1.98. The monoisotopic (exact) mass is 298 g/mol. The summed E-state index contributed by atoms with van der Waals surface area (Å²) in [5, 5.41) is 8.78. The molecule has 0 saturated heterocycles. The molecule has 4 rings (SSSR count). The van der Waals surface area contributed by atoms with Gasteiger partial charge in [0.05, 0.1) is 11.1 Å². The van der Waals surface area contributed by atoms with E-state index in [1.54, 1.807) is 0 Å². The number of nitrogen functional groups attached to an aromatic ring is 1. The third-order valence-corrected chi connectivity index (χ3v) is 4.39. The van der Waals surface area contributed by atoms with Gasteiger partial charge in [-0.1, -0.05) is 23.7 Å². The molecule has 0 aliphatic heterocycles. The summed E-state index contributed by atoms with van der Waals surface area (Å²) in [5.74, 6) is 0.549. The molecular formula is C16H15ClN4. The average Bonchev–Trinajstić information content (AvgIpc) is 2.88. The van der Waals surface area contributed by atoms with Crippen molar-refractivity contribution in [3.8, 4) is 11.3 Å². The smallest absolute Gasteiger partial charge is 0.158 e. The zero-order chi connectivity index (χ0) is 14.4. The Balaban J connectivity index is 2.05. The van der Waals surface area contributed by atoms with E-state index in [1.807, 2.05) is 18.2 Å². The fraction of sp³-hybridized carbons (Fsp3) is 0.250. The summed E-state index contributed by atoms with van der Waals surface area (Å²) in [6.45, 7) is 0. The number of hydrogen-bond donors (Lipinski definition) is 2. The number of anilines is 1. The highest BCUT2D eigenvalue weighted by molar-refractivity contribution is 6.30. The quantitative estimate of drug-likeness (QED) is 0.719. The minimum atomic E-state index is 0.549. The second-order valence-electron chi connectivity index (χ2n) is 5.47. The van der Waals surface area contributed by atoms with Gasteiger partial charge in [-0.25, -0.2) is 4.98 Å². The molecule has 3 N–H and O–H groups in total. The molecular weight excluding hydrogens is 284 g/mol. The van der Waals surface area contributed by atoms with E-state index in [2.05, 4.69) is 16.3 Å². The SMILES string of the molecule is Nc1n[nH]c2nc(-c3cccc(Cl)c3)c3c(c12)CCCC3. The number of hydrogen-bond acceptors (Lipinski definition) is 3. The molecule has 0 unspecified atom stereocenters. The van der Waals surface area contributed by atoms with Crippen molar-refractivity contribution in [1.29, 1.82) is 0 Å². The Hall–Kier alpha value is -2.07. The van der Waals surface area contributed by atoms with E-state index < -0.39 is 0 Å². The first-order valence-electron chi connectivity index (χ1n) is 7.15. The van der Waals surface area contributed by atoms with Gasteiger partial charge < -0.3 is 5.73 Å². The van der Waals surface area contributed by atoms with Crippen molar-refractivity contribution in [3.63, 3.8) is 0 Å². The molecule has 0 fully saturated rings. The van der Waals surface area contributed by atoms with Crippen molar-refractivity contribution in [3.05, 3.63) is 40.4 Å². The topological polar surface area (TPSA) is 67.6 Å². The molecule has 2 heterocycles. The van der Waals surface area contributed by atoms with Gasteiger partial charge in [-0.2, -0.15) is 5.10 Å². The van der Waals surface area contributed by atoms with E-state index in [4.69, 9.17) is 22.3 Å². The Morgan fingerprint density at radius 2 is 1.95 bits per heavy atom. The Kier molecular flexibility index (Phi) is 2.86. The van der Waals surface area contributed by atoms with Crippen LogP contribution in [0.25, 0.3) is 22.3 Å². The van der Waals surface area contributed by atoms with Crippen LogP contribution < -0.4 is 5.73 Å². The number of aromatic amines is 1. The Labute approximate surface area is 127 Å². The zero-order valence-corrected chi connectivity index (χ0v) is 12.2. The zero-order valence-electron chi connectivity index (χ0n) is 11.5. The molecule has 0 radical (unpaired) electrons. The number of rotatable bonds is 1. The number of aryl methyl sites for hydroxylation is 1. The Morgan fingerprint density at radius 1 is 1.14 bits per heavy atom. The van der Waals surface area contributed by atoms with Crippen LogP contribution in [-0.2, 0) is 12.8 Å². The highest BCUT2D eigenvalue weighted by Gasteiger charge is 2.22. The van der Waals surface area contributed by atoms with Crippen LogP contribution in [0.15, 0.2) is 24.3 Å². The largest absolute Gasteiger partial charge is 0.382 e. The van der Waals surface area contributed by atoms with Gasteiger partial charge in [0.2, 0.25) is 0 Å². The minimum absolute atomic E-state index is 0.549. The summed E-state index contributed by atoms with van der Waals surface area (Å²) in [6.07, 6.45) is 4.44. The molecule has 106 valence electrons. The second-order valence-corrected chi connectivity index (χ2v) is 5.90. The van der Waals surface area contributed by atoms with E-state index >= 15 is 0 Å². The molecule has 0 bridgehead atoms. The van der Waals surface area contributed by atoms with Gasteiger partial charge in [0.15, 0.2) is 11.5 Å². The third-order valence-electron chi connectivity index (χ3n) is 4.15. The maximum absolute atomic E-state index is 6.13. The normalized spacial score (nSPS) is 14.3. The number of pyridine rings is 1. The van der Waals surface area contributed by atoms with Gasteiger partial charge in [-0.15, -0.1) is 0 Å². The number of benzene rings is 1. The number of nitrogens with one attached hydrogen (secondary N) is 1. The van der Waals surface area contributed by atoms with Crippen molar-refractivity contribution >= 4 is 28.5 Å². The van der Waals surface area contributed by atoms with E-state index in [-0.39, 0.29) is 0 Å². The van der Waals surface area contributed by atoms with Crippen molar-refractivity contribution in [2.24, 2.45) is 0 Å². The summed E-state index contributed by atoms with van der Waals surface area (Å²) in [6, 6.07) is 7.85. The fourth-order valence-electron chi connectivity index (χ4n) is 3.22. The van der Waals surface area contributed by atoms with Gasteiger partial charge in [-0.05, 0) is 48.9 Å². The van der Waals surface area contributed by atoms with Crippen molar-refractivity contribution in [2.75, 3.05) is 5.73 Å². The molecule has 21 heavy (non-hydrogen) atoms. The molecule has 0 atom stereocenters. The lowest BCUT2D eigenvalue weighted by molar-refractivity contribution is 0.689. The van der Waals surface area contributed by atoms with E-state index in [9.17, 15) is 0 Å². The first-order valence-corrected chi connectivity index (χ1v) is 7.53. The van der Waals surface area contributed by atoms with Crippen LogP contribution in [0.3, 0.4) is 0 Å². The molecule has 1 aliphatic rings. The van der Waals surface area contributed by atoms with Crippen LogP contribution in [0.5, 0.6) is 0 Å². The van der Waals surface area contributed by atoms with E-state index in [0.717, 1.165) is 40.2 Å². The molecule has 5 heteroatoms. The summed E-state index contributed by atoms with van der Waals surface area (Å²) >= 11 is 6.13. The Bertz CT molecular complexity index is 838. The number of nitrogens with two attached hydrogens (primary N) is 1. The Morgan fingerprint density at radius 3 is 2.76 bits per heavy atom. The highest BCUT2D eigenvalue weighted by atomic mass is 35.5. The number of aromatic nitrogens is 3. The van der Waals surface area contributed by atoms with Gasteiger partial charge in [-0.3, -0.25) is 5.10 Å². The molecule has 0 amide bonds. The van der Waals surface area contributed by atoms with Gasteiger partial charge in [0.25, 0.3) is 0 Å². The minimum Gasteiger partial charge on any atom is -0.382 e. The van der Waals surface area contributed by atoms with Gasteiger partial charge in [0, 0.05) is 10.6 Å². The molecule has 2 aromatic heterocycles. The van der Waals surface area contributed by atoms with E-state index in [0.29, 0.717) is 5.82 Å². The first-order chi connectivity index (χ1) is 10.2. The predicted molar refractivity (Wildman–Crippen MR) is 85.4 cm³/mol. The first kappa shape index (κ1) is 12.7. The second kappa shape index (κ2) is 4.74. The summed E-state index contributed by atoms with van der Waals surface area (Å²) in [7, 11) is 0. The molecule has 4 nitrogen and oxygen atoms in total. The molecule has 0 spiro atoms. The van der Waals surface area contributed by atoms with Gasteiger partial charge >= 0.3 is 0 Å². The van der Waals surface area contributed by atoms with Crippen LogP contribution in [-0.4, -0.2) is 15.2 Å². The number of H-pyrrole nitrogens is 1. The van der Waals surface area contributed by atoms with Crippen LogP contribution >= 0.6 is 11.6 Å². The van der Waals surface area contributed by atoms with Gasteiger partial charge in [0.1, 0.15) is 0 Å². The number of halogens is 1. The lowest BCUT2D eigenvalue weighted by atomic mass is 9.87. The van der Waals surface area contributed by atoms with Crippen molar-refractivity contribution in [1.82, 2.24) is 15.2 Å². The highest BCUT2D eigenvalue weighted by Crippen LogP contribution is 2.36. The molecule has 0 saturated carbocycles. The molecule has 1 aliphatic carbocycles. The van der Waals surface area contributed by atoms with E-state index in [1.165, 1.54) is 24.0 Å². The number of fused-ring (bicyclic) bond motifs is 3. The summed E-state index contributed by atoms with van der Waals surface area (Å²) in [5.41, 5.74) is 11.4. The molecule has 3 aromatic rings. The maximum atomic E-state index is 6.13. The summed E-state index contributed by atoms with van der Waals surface area (Å²) < 4.78 is 0. The number of nitrogens with zero attached hydrogens (tertiary/aromatic N) is 2. The summed E-state index contributed by atoms with van der Waals surface area (Å²) in [4.78, 5) is 4.76. The lowest BCUT2D eigenvalue weighted by Gasteiger charge is -2.20. The van der Waals surface area contributed by atoms with Crippen LogP contribution in [0.2, 0.25) is 5.02 Å². The standard InChI is InChI=1S/C16H15ClN4/c17-10-5-3-4-9(8-10)14-12-7-2-1-6-11(12)13-15(18)20-21-16(13)19-14/h3-5,8H,1-2,6-7H2,(H3,18,19,20,21). The van der Waals surface area contributed by atoms with Crippen molar-refractivity contribution < 1.29 is 0 Å². The maximum Gasteiger partial charge on any atom is 0.158 e.